The average Bonchev–Trinajstić information content (AvgIpc) is 3.24. The predicted octanol–water partition coefficient (Wildman–Crippen LogP) is 4.68. The van der Waals surface area contributed by atoms with Gasteiger partial charge in [-0.05, 0) is 73.2 Å². The lowest BCUT2D eigenvalue weighted by molar-refractivity contribution is -0.118. The molecule has 8 heteroatoms. The van der Waals surface area contributed by atoms with Crippen LogP contribution in [0.2, 0.25) is 0 Å². The van der Waals surface area contributed by atoms with Crippen LogP contribution < -0.4 is 10.1 Å². The summed E-state index contributed by atoms with van der Waals surface area (Å²) in [4.78, 5) is 12.6. The highest BCUT2D eigenvalue weighted by Gasteiger charge is 2.26. The molecule has 0 aliphatic carbocycles. The topological polar surface area (TPSA) is 75.7 Å². The molecule has 1 fully saturated rings. The van der Waals surface area contributed by atoms with Crippen molar-refractivity contribution >= 4 is 37.5 Å². The molecule has 1 aliphatic rings. The number of rotatable bonds is 7. The van der Waals surface area contributed by atoms with Gasteiger partial charge in [0.25, 0.3) is 5.91 Å². The third-order valence-electron chi connectivity index (χ3n) is 5.11. The normalized spacial score (nSPS) is 14.8. The van der Waals surface area contributed by atoms with E-state index >= 15 is 0 Å². The maximum absolute atomic E-state index is 12.6. The highest BCUT2D eigenvalue weighted by molar-refractivity contribution is 9.10. The minimum Gasteiger partial charge on any atom is -0.483 e. The third kappa shape index (κ3) is 5.22. The van der Waals surface area contributed by atoms with Gasteiger partial charge in [-0.2, -0.15) is 4.31 Å². The summed E-state index contributed by atoms with van der Waals surface area (Å²) in [6.45, 7) is 7.11. The van der Waals surface area contributed by atoms with Crippen molar-refractivity contribution in [3.8, 4) is 5.75 Å². The molecular formula is C22H27BrN2O4S. The predicted molar refractivity (Wildman–Crippen MR) is 122 cm³/mol. The minimum atomic E-state index is -3.46. The highest BCUT2D eigenvalue weighted by atomic mass is 79.9. The van der Waals surface area contributed by atoms with Crippen molar-refractivity contribution in [2.24, 2.45) is 0 Å². The lowest BCUT2D eigenvalue weighted by atomic mass is 10.0. The Hall–Kier alpha value is -1.90. The number of hydrogen-bond donors (Lipinski definition) is 1. The molecule has 3 rings (SSSR count). The number of carbonyl (C=O) groups excluding carboxylic acids is 1. The first-order valence-corrected chi connectivity index (χ1v) is 12.2. The molecule has 0 saturated carbocycles. The molecule has 0 spiro atoms. The summed E-state index contributed by atoms with van der Waals surface area (Å²) in [5.74, 6) is 0.637. The van der Waals surface area contributed by atoms with E-state index in [-0.39, 0.29) is 23.3 Å². The van der Waals surface area contributed by atoms with Crippen molar-refractivity contribution in [2.45, 2.75) is 44.4 Å². The van der Waals surface area contributed by atoms with E-state index in [2.05, 4.69) is 35.1 Å². The number of nitrogens with one attached hydrogen (secondary N) is 1. The first-order chi connectivity index (χ1) is 14.2. The zero-order valence-electron chi connectivity index (χ0n) is 17.4. The number of carbonyl (C=O) groups is 1. The number of hydrogen-bond acceptors (Lipinski definition) is 4. The van der Waals surface area contributed by atoms with Gasteiger partial charge in [0.05, 0.1) is 4.90 Å². The summed E-state index contributed by atoms with van der Waals surface area (Å²) in [5, 5.41) is 2.75. The van der Waals surface area contributed by atoms with E-state index in [0.717, 1.165) is 28.4 Å². The quantitative estimate of drug-likeness (QED) is 0.605. The van der Waals surface area contributed by atoms with Crippen molar-refractivity contribution in [2.75, 3.05) is 25.0 Å². The average molecular weight is 495 g/mol. The van der Waals surface area contributed by atoms with E-state index in [9.17, 15) is 13.2 Å². The fourth-order valence-electron chi connectivity index (χ4n) is 3.37. The molecule has 0 aromatic heterocycles. The smallest absolute Gasteiger partial charge is 0.262 e. The van der Waals surface area contributed by atoms with Crippen LogP contribution in [-0.2, 0) is 14.8 Å². The van der Waals surface area contributed by atoms with Gasteiger partial charge in [-0.25, -0.2) is 8.42 Å². The van der Waals surface area contributed by atoms with Crippen LogP contribution in [0.5, 0.6) is 5.75 Å². The van der Waals surface area contributed by atoms with E-state index < -0.39 is 10.0 Å². The van der Waals surface area contributed by atoms with Crippen molar-refractivity contribution in [1.82, 2.24) is 4.31 Å². The number of anilines is 1. The van der Waals surface area contributed by atoms with E-state index in [1.54, 1.807) is 12.1 Å². The van der Waals surface area contributed by atoms with Gasteiger partial charge in [0.2, 0.25) is 10.0 Å². The van der Waals surface area contributed by atoms with Gasteiger partial charge in [0.1, 0.15) is 5.75 Å². The van der Waals surface area contributed by atoms with Gasteiger partial charge in [-0.1, -0.05) is 29.8 Å². The Bertz CT molecular complexity index is 1010. The molecule has 1 saturated heterocycles. The molecule has 0 radical (unpaired) electrons. The molecule has 0 atom stereocenters. The molecule has 1 amide bonds. The summed E-state index contributed by atoms with van der Waals surface area (Å²) in [5.41, 5.74) is 2.58. The molecule has 0 bridgehead atoms. The van der Waals surface area contributed by atoms with Gasteiger partial charge < -0.3 is 10.1 Å². The second kappa shape index (κ2) is 9.49. The van der Waals surface area contributed by atoms with Crippen LogP contribution in [0.4, 0.5) is 5.69 Å². The van der Waals surface area contributed by atoms with Gasteiger partial charge in [0, 0.05) is 23.2 Å². The monoisotopic (exact) mass is 494 g/mol. The maximum atomic E-state index is 12.6. The van der Waals surface area contributed by atoms with Crippen molar-refractivity contribution < 1.29 is 17.9 Å². The lowest BCUT2D eigenvalue weighted by Crippen LogP contribution is -2.27. The molecule has 2 aromatic rings. The summed E-state index contributed by atoms with van der Waals surface area (Å²) in [6.07, 6.45) is 1.79. The summed E-state index contributed by atoms with van der Waals surface area (Å²) in [6, 6.07) is 10.2. The summed E-state index contributed by atoms with van der Waals surface area (Å²) < 4.78 is 33.4. The Labute approximate surface area is 186 Å². The number of sulfonamides is 1. The molecular weight excluding hydrogens is 468 g/mol. The van der Waals surface area contributed by atoms with Crippen molar-refractivity contribution in [1.29, 1.82) is 0 Å². The van der Waals surface area contributed by atoms with Crippen LogP contribution in [-0.4, -0.2) is 38.3 Å². The second-order valence-electron chi connectivity index (χ2n) is 7.77. The fourth-order valence-corrected chi connectivity index (χ4v) is 5.25. The SMILES string of the molecule is Cc1cc(OCC(=O)Nc2ccc(S(=O)(=O)N3CCCC3)cc2)c(C(C)C)cc1Br. The molecule has 1 heterocycles. The van der Waals surface area contributed by atoms with E-state index in [4.69, 9.17) is 4.74 Å². The number of benzene rings is 2. The number of halogens is 1. The molecule has 162 valence electrons. The minimum absolute atomic E-state index is 0.130. The van der Waals surface area contributed by atoms with E-state index in [1.807, 2.05) is 19.1 Å². The molecule has 30 heavy (non-hydrogen) atoms. The van der Waals surface area contributed by atoms with E-state index in [0.29, 0.717) is 24.5 Å². The Morgan fingerprint density at radius 3 is 2.40 bits per heavy atom. The van der Waals surface area contributed by atoms with Crippen molar-refractivity contribution in [3.05, 3.63) is 52.0 Å². The van der Waals surface area contributed by atoms with Crippen LogP contribution >= 0.6 is 15.9 Å². The lowest BCUT2D eigenvalue weighted by Gasteiger charge is -2.16. The third-order valence-corrected chi connectivity index (χ3v) is 7.88. The van der Waals surface area contributed by atoms with E-state index in [1.165, 1.54) is 16.4 Å². The number of ether oxygens (including phenoxy) is 1. The Kier molecular flexibility index (Phi) is 7.21. The highest BCUT2D eigenvalue weighted by Crippen LogP contribution is 2.32. The number of nitrogens with zero attached hydrogens (tertiary/aromatic N) is 1. The first-order valence-electron chi connectivity index (χ1n) is 10.0. The Balaban J connectivity index is 1.63. The Morgan fingerprint density at radius 2 is 1.80 bits per heavy atom. The summed E-state index contributed by atoms with van der Waals surface area (Å²) in [7, 11) is -3.46. The van der Waals surface area contributed by atoms with Crippen LogP contribution in [0.15, 0.2) is 45.8 Å². The molecule has 6 nitrogen and oxygen atoms in total. The number of amides is 1. The van der Waals surface area contributed by atoms with Gasteiger partial charge >= 0.3 is 0 Å². The van der Waals surface area contributed by atoms with Crippen LogP contribution in [0, 0.1) is 6.92 Å². The first kappa shape index (κ1) is 22.8. The van der Waals surface area contributed by atoms with Gasteiger partial charge in [-0.15, -0.1) is 0 Å². The zero-order chi connectivity index (χ0) is 21.9. The van der Waals surface area contributed by atoms with Crippen molar-refractivity contribution in [3.63, 3.8) is 0 Å². The summed E-state index contributed by atoms with van der Waals surface area (Å²) >= 11 is 3.53. The van der Waals surface area contributed by atoms with Gasteiger partial charge in [-0.3, -0.25) is 4.79 Å². The molecule has 2 aromatic carbocycles. The molecule has 1 aliphatic heterocycles. The van der Waals surface area contributed by atoms with Gasteiger partial charge in [0.15, 0.2) is 6.61 Å². The standard InChI is InChI=1S/C22H27BrN2O4S/c1-15(2)19-13-20(23)16(3)12-21(19)29-14-22(26)24-17-6-8-18(9-7-17)30(27,28)25-10-4-5-11-25/h6-9,12-13,15H,4-5,10-11,14H2,1-3H3,(H,24,26). The largest absolute Gasteiger partial charge is 0.483 e. The zero-order valence-corrected chi connectivity index (χ0v) is 19.8. The molecule has 0 unspecified atom stereocenters. The fraction of sp³-hybridized carbons (Fsp3) is 0.409. The van der Waals surface area contributed by atoms with Crippen LogP contribution in [0.1, 0.15) is 43.7 Å². The van der Waals surface area contributed by atoms with Crippen LogP contribution in [0.3, 0.4) is 0 Å². The Morgan fingerprint density at radius 1 is 1.17 bits per heavy atom. The number of aryl methyl sites for hydroxylation is 1. The van der Waals surface area contributed by atoms with Crippen LogP contribution in [0.25, 0.3) is 0 Å². The molecule has 1 N–H and O–H groups in total. The maximum Gasteiger partial charge on any atom is 0.262 e. The second-order valence-corrected chi connectivity index (χ2v) is 10.6.